The number of rotatable bonds is 4. The van der Waals surface area contributed by atoms with E-state index in [1.165, 1.54) is 18.5 Å². The Labute approximate surface area is 177 Å². The molecule has 0 saturated carbocycles. The number of benzene rings is 2. The van der Waals surface area contributed by atoms with Gasteiger partial charge in [0, 0.05) is 18.0 Å². The van der Waals surface area contributed by atoms with E-state index in [2.05, 4.69) is 9.97 Å². The molecule has 7 heteroatoms. The Kier molecular flexibility index (Phi) is 5.12. The van der Waals surface area contributed by atoms with Crippen LogP contribution in [-0.4, -0.2) is 21.5 Å². The first kappa shape index (κ1) is 20.2. The average molecular weight is 425 g/mol. The number of aromatic nitrogens is 2. The van der Waals surface area contributed by atoms with Gasteiger partial charge in [-0.15, -0.1) is 0 Å². The molecule has 0 aliphatic heterocycles. The second-order valence-corrected chi connectivity index (χ2v) is 7.99. The monoisotopic (exact) mass is 424 g/mol. The number of nitrogens with zero attached hydrogens (tertiary/aromatic N) is 2. The third-order valence-corrected chi connectivity index (χ3v) is 5.57. The fourth-order valence-electron chi connectivity index (χ4n) is 3.67. The standard InChI is InChI=1S/C23H18ClFN2O3/c1-23(2)21-18(26-10-11-27-21)19(28)17(22(23)29)16-15(25)9-8-14(24)20(16)30-12-13-6-4-3-5-7-13/h3-11,17H,12H2,1-2H3. The quantitative estimate of drug-likeness (QED) is 0.569. The predicted molar refractivity (Wildman–Crippen MR) is 109 cm³/mol. The van der Waals surface area contributed by atoms with Crippen LogP contribution in [0.5, 0.6) is 5.75 Å². The smallest absolute Gasteiger partial charge is 0.198 e. The molecule has 0 fully saturated rings. The van der Waals surface area contributed by atoms with Gasteiger partial charge in [-0.2, -0.15) is 0 Å². The number of hydrogen-bond donors (Lipinski definition) is 0. The number of fused-ring (bicyclic) bond motifs is 1. The van der Waals surface area contributed by atoms with Crippen LogP contribution in [0.1, 0.15) is 47.1 Å². The van der Waals surface area contributed by atoms with Crippen LogP contribution in [0.3, 0.4) is 0 Å². The third kappa shape index (κ3) is 3.27. The summed E-state index contributed by atoms with van der Waals surface area (Å²) in [5, 5.41) is 0.116. The van der Waals surface area contributed by atoms with Crippen LogP contribution in [-0.2, 0) is 16.8 Å². The SMILES string of the molecule is CC1(C)C(=O)C(c2c(F)ccc(Cl)c2OCc2ccccc2)C(=O)c2nccnc21. The van der Waals surface area contributed by atoms with Crippen LogP contribution in [0.4, 0.5) is 4.39 Å². The summed E-state index contributed by atoms with van der Waals surface area (Å²) in [6.45, 7) is 3.40. The largest absolute Gasteiger partial charge is 0.487 e. The topological polar surface area (TPSA) is 69.2 Å². The van der Waals surface area contributed by atoms with Gasteiger partial charge in [-0.05, 0) is 31.5 Å². The summed E-state index contributed by atoms with van der Waals surface area (Å²) < 4.78 is 20.9. The maximum atomic E-state index is 15.0. The zero-order chi connectivity index (χ0) is 21.5. The normalized spacial score (nSPS) is 17.5. The number of Topliss-reactive ketones (excluding diaryl/α,β-unsaturated/α-hetero) is 2. The lowest BCUT2D eigenvalue weighted by Gasteiger charge is -2.33. The van der Waals surface area contributed by atoms with E-state index in [1.54, 1.807) is 13.8 Å². The van der Waals surface area contributed by atoms with E-state index in [-0.39, 0.29) is 34.3 Å². The fourth-order valence-corrected chi connectivity index (χ4v) is 3.88. The second-order valence-electron chi connectivity index (χ2n) is 7.59. The van der Waals surface area contributed by atoms with E-state index in [0.717, 1.165) is 11.6 Å². The fraction of sp³-hybridized carbons (Fsp3) is 0.217. The summed E-state index contributed by atoms with van der Waals surface area (Å²) in [7, 11) is 0. The minimum Gasteiger partial charge on any atom is -0.487 e. The van der Waals surface area contributed by atoms with Crippen molar-refractivity contribution >= 4 is 23.2 Å². The first-order valence-electron chi connectivity index (χ1n) is 9.37. The van der Waals surface area contributed by atoms with E-state index >= 15 is 4.39 Å². The zero-order valence-electron chi connectivity index (χ0n) is 16.4. The lowest BCUT2D eigenvalue weighted by Crippen LogP contribution is -2.44. The van der Waals surface area contributed by atoms with Crippen molar-refractivity contribution in [2.24, 2.45) is 0 Å². The van der Waals surface area contributed by atoms with E-state index in [1.807, 2.05) is 30.3 Å². The Bertz CT molecular complexity index is 1150. The van der Waals surface area contributed by atoms with Gasteiger partial charge in [0.25, 0.3) is 0 Å². The maximum Gasteiger partial charge on any atom is 0.198 e. The molecule has 152 valence electrons. The summed E-state index contributed by atoms with van der Waals surface area (Å²) in [4.78, 5) is 34.9. The first-order chi connectivity index (χ1) is 14.3. The molecule has 1 aliphatic carbocycles. The van der Waals surface area contributed by atoms with Crippen molar-refractivity contribution in [2.75, 3.05) is 0 Å². The van der Waals surface area contributed by atoms with Gasteiger partial charge in [0.05, 0.1) is 16.1 Å². The lowest BCUT2D eigenvalue weighted by molar-refractivity contribution is -0.124. The molecule has 0 N–H and O–H groups in total. The van der Waals surface area contributed by atoms with Crippen LogP contribution < -0.4 is 4.74 Å². The third-order valence-electron chi connectivity index (χ3n) is 5.27. The van der Waals surface area contributed by atoms with Crippen LogP contribution >= 0.6 is 11.6 Å². The Morgan fingerprint density at radius 3 is 2.50 bits per heavy atom. The van der Waals surface area contributed by atoms with Crippen molar-refractivity contribution in [3.8, 4) is 5.75 Å². The first-order valence-corrected chi connectivity index (χ1v) is 9.74. The summed E-state index contributed by atoms with van der Waals surface area (Å²) in [5.41, 5.74) is -0.126. The number of carbonyl (C=O) groups is 2. The van der Waals surface area contributed by atoms with Gasteiger partial charge in [-0.1, -0.05) is 41.9 Å². The van der Waals surface area contributed by atoms with E-state index < -0.39 is 28.7 Å². The van der Waals surface area contributed by atoms with Gasteiger partial charge in [0.2, 0.25) is 0 Å². The van der Waals surface area contributed by atoms with Crippen molar-refractivity contribution < 1.29 is 18.7 Å². The van der Waals surface area contributed by atoms with Crippen molar-refractivity contribution in [2.45, 2.75) is 31.8 Å². The van der Waals surface area contributed by atoms with Gasteiger partial charge in [-0.25, -0.2) is 9.37 Å². The van der Waals surface area contributed by atoms with E-state index in [9.17, 15) is 9.59 Å². The minimum atomic E-state index is -1.42. The molecule has 1 aromatic heterocycles. The molecule has 4 rings (SSSR count). The van der Waals surface area contributed by atoms with Gasteiger partial charge in [0.1, 0.15) is 29.8 Å². The maximum absolute atomic E-state index is 15.0. The Morgan fingerprint density at radius 2 is 1.77 bits per heavy atom. The minimum absolute atomic E-state index is 0.0182. The van der Waals surface area contributed by atoms with Crippen molar-refractivity contribution in [3.63, 3.8) is 0 Å². The van der Waals surface area contributed by atoms with Crippen LogP contribution in [0.2, 0.25) is 5.02 Å². The molecule has 0 spiro atoms. The van der Waals surface area contributed by atoms with Gasteiger partial charge >= 0.3 is 0 Å². The molecule has 0 bridgehead atoms. The molecule has 5 nitrogen and oxygen atoms in total. The average Bonchev–Trinajstić information content (AvgIpc) is 2.75. The van der Waals surface area contributed by atoms with Crippen LogP contribution in [0, 0.1) is 5.82 Å². The molecular weight excluding hydrogens is 407 g/mol. The highest BCUT2D eigenvalue weighted by Crippen LogP contribution is 2.44. The highest BCUT2D eigenvalue weighted by Gasteiger charge is 2.50. The zero-order valence-corrected chi connectivity index (χ0v) is 17.1. The van der Waals surface area contributed by atoms with Crippen molar-refractivity contribution in [1.82, 2.24) is 9.97 Å². The highest BCUT2D eigenvalue weighted by molar-refractivity contribution is 6.32. The number of ketones is 2. The van der Waals surface area contributed by atoms with Crippen molar-refractivity contribution in [1.29, 1.82) is 0 Å². The summed E-state index contributed by atoms with van der Waals surface area (Å²) in [6, 6.07) is 11.7. The van der Waals surface area contributed by atoms with Gasteiger partial charge in [-0.3, -0.25) is 14.6 Å². The van der Waals surface area contributed by atoms with E-state index in [0.29, 0.717) is 0 Å². The molecule has 0 radical (unpaired) electrons. The Hall–Kier alpha value is -3.12. The van der Waals surface area contributed by atoms with Gasteiger partial charge in [0.15, 0.2) is 11.6 Å². The summed E-state index contributed by atoms with van der Waals surface area (Å²) >= 11 is 6.31. The predicted octanol–water partition coefficient (Wildman–Crippen LogP) is 4.67. The van der Waals surface area contributed by atoms with Crippen LogP contribution in [0.25, 0.3) is 0 Å². The molecule has 1 unspecified atom stereocenters. The molecule has 2 aromatic carbocycles. The Balaban J connectivity index is 1.83. The number of carbonyl (C=O) groups excluding carboxylic acids is 2. The number of halogens is 2. The molecular formula is C23H18ClFN2O3. The van der Waals surface area contributed by atoms with Crippen LogP contribution in [0.15, 0.2) is 54.9 Å². The molecule has 30 heavy (non-hydrogen) atoms. The highest BCUT2D eigenvalue weighted by atomic mass is 35.5. The molecule has 1 heterocycles. The molecule has 0 amide bonds. The molecule has 0 saturated heterocycles. The number of hydrogen-bond acceptors (Lipinski definition) is 5. The van der Waals surface area contributed by atoms with Gasteiger partial charge < -0.3 is 4.74 Å². The summed E-state index contributed by atoms with van der Waals surface area (Å²) in [5.74, 6) is -3.28. The molecule has 3 aromatic rings. The Morgan fingerprint density at radius 1 is 1.07 bits per heavy atom. The lowest BCUT2D eigenvalue weighted by atomic mass is 9.68. The second kappa shape index (κ2) is 7.61. The van der Waals surface area contributed by atoms with Crippen molar-refractivity contribution in [3.05, 3.63) is 88.2 Å². The summed E-state index contributed by atoms with van der Waals surface area (Å²) in [6.07, 6.45) is 2.80. The molecule has 1 aliphatic rings. The number of ether oxygens (including phenoxy) is 1. The molecule has 1 atom stereocenters. The van der Waals surface area contributed by atoms with E-state index in [4.69, 9.17) is 16.3 Å².